The predicted octanol–water partition coefficient (Wildman–Crippen LogP) is 4.65. The lowest BCUT2D eigenvalue weighted by Crippen LogP contribution is -2.09. The van der Waals surface area contributed by atoms with Crippen LogP contribution in [-0.2, 0) is 4.79 Å². The van der Waals surface area contributed by atoms with Crippen molar-refractivity contribution >= 4 is 40.3 Å². The van der Waals surface area contributed by atoms with E-state index in [-0.39, 0.29) is 5.91 Å². The van der Waals surface area contributed by atoms with Crippen molar-refractivity contribution in [2.75, 3.05) is 11.9 Å². The first-order chi connectivity index (χ1) is 10.6. The summed E-state index contributed by atoms with van der Waals surface area (Å²) in [6, 6.07) is 13.6. The maximum Gasteiger partial charge on any atom is 0.248 e. The molecule has 2 rings (SSSR count). The van der Waals surface area contributed by atoms with Crippen molar-refractivity contribution in [3.63, 3.8) is 0 Å². The second-order valence-electron chi connectivity index (χ2n) is 4.75. The zero-order valence-corrected chi connectivity index (χ0v) is 14.8. The minimum atomic E-state index is -0.157. The molecule has 114 valence electrons. The van der Waals surface area contributed by atoms with Gasteiger partial charge < -0.3 is 10.1 Å². The monoisotopic (exact) mass is 407 g/mol. The number of aryl methyl sites for hydroxylation is 1. The van der Waals surface area contributed by atoms with Crippen LogP contribution in [0.4, 0.5) is 5.69 Å². The van der Waals surface area contributed by atoms with Gasteiger partial charge in [-0.1, -0.05) is 18.2 Å². The van der Waals surface area contributed by atoms with Gasteiger partial charge in [0.25, 0.3) is 0 Å². The van der Waals surface area contributed by atoms with E-state index in [4.69, 9.17) is 4.74 Å². The van der Waals surface area contributed by atoms with E-state index in [0.29, 0.717) is 6.61 Å². The molecule has 3 nitrogen and oxygen atoms in total. The molecule has 0 radical (unpaired) electrons. The average Bonchev–Trinajstić information content (AvgIpc) is 2.49. The fourth-order valence-corrected chi connectivity index (χ4v) is 2.66. The summed E-state index contributed by atoms with van der Waals surface area (Å²) in [4.78, 5) is 12.1. The van der Waals surface area contributed by atoms with E-state index in [1.54, 1.807) is 6.08 Å². The highest BCUT2D eigenvalue weighted by molar-refractivity contribution is 14.1. The lowest BCUT2D eigenvalue weighted by atomic mass is 10.1. The van der Waals surface area contributed by atoms with Gasteiger partial charge >= 0.3 is 0 Å². The van der Waals surface area contributed by atoms with E-state index in [1.807, 2.05) is 56.3 Å². The molecule has 0 unspecified atom stereocenters. The number of benzene rings is 2. The molecule has 0 heterocycles. The number of halogens is 1. The number of nitrogens with one attached hydrogen (secondary N) is 1. The molecule has 22 heavy (non-hydrogen) atoms. The van der Waals surface area contributed by atoms with Crippen molar-refractivity contribution in [3.05, 3.63) is 63.2 Å². The second kappa shape index (κ2) is 7.98. The average molecular weight is 407 g/mol. The largest absolute Gasteiger partial charge is 0.493 e. The lowest BCUT2D eigenvalue weighted by Gasteiger charge is -2.08. The van der Waals surface area contributed by atoms with Gasteiger partial charge in [0, 0.05) is 20.9 Å². The first-order valence-corrected chi connectivity index (χ1v) is 8.15. The molecular formula is C18H18INO2. The van der Waals surface area contributed by atoms with E-state index in [2.05, 4.69) is 27.9 Å². The molecule has 0 aliphatic rings. The fraction of sp³-hybridized carbons (Fsp3) is 0.167. The standard InChI is InChI=1S/C18H18INO2/c1-3-22-17-7-5-4-6-14(17)8-11-18(21)20-16-10-9-15(19)12-13(16)2/h4-12H,3H2,1-2H3,(H,20,21)/b11-8+. The van der Waals surface area contributed by atoms with Crippen LogP contribution in [0.15, 0.2) is 48.5 Å². The van der Waals surface area contributed by atoms with Crippen molar-refractivity contribution in [3.8, 4) is 5.75 Å². The Hall–Kier alpha value is -1.82. The maximum atomic E-state index is 12.1. The number of ether oxygens (including phenoxy) is 1. The van der Waals surface area contributed by atoms with Crippen LogP contribution < -0.4 is 10.1 Å². The molecule has 0 aromatic heterocycles. The highest BCUT2D eigenvalue weighted by Crippen LogP contribution is 2.20. The first-order valence-electron chi connectivity index (χ1n) is 7.07. The van der Waals surface area contributed by atoms with E-state index in [0.717, 1.165) is 26.1 Å². The van der Waals surface area contributed by atoms with Gasteiger partial charge in [0.15, 0.2) is 0 Å². The van der Waals surface area contributed by atoms with Crippen LogP contribution in [0, 0.1) is 10.5 Å². The van der Waals surface area contributed by atoms with Gasteiger partial charge in [0.1, 0.15) is 5.75 Å². The lowest BCUT2D eigenvalue weighted by molar-refractivity contribution is -0.111. The van der Waals surface area contributed by atoms with Gasteiger partial charge in [-0.2, -0.15) is 0 Å². The smallest absolute Gasteiger partial charge is 0.248 e. The maximum absolute atomic E-state index is 12.1. The van der Waals surface area contributed by atoms with E-state index in [9.17, 15) is 4.79 Å². The highest BCUT2D eigenvalue weighted by Gasteiger charge is 2.03. The molecule has 1 N–H and O–H groups in total. The Kier molecular flexibility index (Phi) is 6.00. The summed E-state index contributed by atoms with van der Waals surface area (Å²) in [6.45, 7) is 4.51. The van der Waals surface area contributed by atoms with Crippen molar-refractivity contribution in [2.45, 2.75) is 13.8 Å². The van der Waals surface area contributed by atoms with Crippen molar-refractivity contribution in [1.82, 2.24) is 0 Å². The molecular weight excluding hydrogens is 389 g/mol. The zero-order chi connectivity index (χ0) is 15.9. The Labute approximate surface area is 144 Å². The van der Waals surface area contributed by atoms with Crippen LogP contribution in [0.3, 0.4) is 0 Å². The number of amides is 1. The third kappa shape index (κ3) is 4.59. The van der Waals surface area contributed by atoms with Crippen LogP contribution >= 0.6 is 22.6 Å². The van der Waals surface area contributed by atoms with Crippen LogP contribution in [-0.4, -0.2) is 12.5 Å². The Morgan fingerprint density at radius 1 is 1.27 bits per heavy atom. The minimum Gasteiger partial charge on any atom is -0.493 e. The molecule has 0 fully saturated rings. The molecule has 0 saturated carbocycles. The number of para-hydroxylation sites is 1. The molecule has 2 aromatic rings. The quantitative estimate of drug-likeness (QED) is 0.579. The summed E-state index contributed by atoms with van der Waals surface area (Å²) in [7, 11) is 0. The third-order valence-corrected chi connectivity index (χ3v) is 3.75. The van der Waals surface area contributed by atoms with E-state index >= 15 is 0 Å². The van der Waals surface area contributed by atoms with Gasteiger partial charge in [-0.15, -0.1) is 0 Å². The number of rotatable bonds is 5. The minimum absolute atomic E-state index is 0.157. The molecule has 0 saturated heterocycles. The molecule has 1 amide bonds. The summed E-state index contributed by atoms with van der Waals surface area (Å²) in [5, 5.41) is 2.89. The second-order valence-corrected chi connectivity index (χ2v) is 6.00. The van der Waals surface area contributed by atoms with Gasteiger partial charge in [-0.3, -0.25) is 4.79 Å². The molecule has 0 spiro atoms. The Bertz CT molecular complexity index is 695. The fourth-order valence-electron chi connectivity index (χ4n) is 2.01. The Morgan fingerprint density at radius 2 is 2.05 bits per heavy atom. The number of anilines is 1. The summed E-state index contributed by atoms with van der Waals surface area (Å²) in [5.41, 5.74) is 2.76. The van der Waals surface area contributed by atoms with Gasteiger partial charge in [0.2, 0.25) is 5.91 Å². The SMILES string of the molecule is CCOc1ccccc1/C=C/C(=O)Nc1ccc(I)cc1C. The molecule has 0 aliphatic carbocycles. The Balaban J connectivity index is 2.08. The van der Waals surface area contributed by atoms with Crippen LogP contribution in [0.5, 0.6) is 5.75 Å². The number of hydrogen-bond donors (Lipinski definition) is 1. The Morgan fingerprint density at radius 3 is 2.77 bits per heavy atom. The topological polar surface area (TPSA) is 38.3 Å². The predicted molar refractivity (Wildman–Crippen MR) is 99.2 cm³/mol. The summed E-state index contributed by atoms with van der Waals surface area (Å²) in [6.07, 6.45) is 3.29. The third-order valence-electron chi connectivity index (χ3n) is 3.08. The molecule has 2 aromatic carbocycles. The summed E-state index contributed by atoms with van der Waals surface area (Å²) >= 11 is 2.25. The van der Waals surface area contributed by atoms with Crippen LogP contribution in [0.25, 0.3) is 6.08 Å². The molecule has 0 aliphatic heterocycles. The number of carbonyl (C=O) groups is 1. The van der Waals surface area contributed by atoms with Gasteiger partial charge in [-0.05, 0) is 72.3 Å². The van der Waals surface area contributed by atoms with Gasteiger partial charge in [-0.25, -0.2) is 0 Å². The highest BCUT2D eigenvalue weighted by atomic mass is 127. The molecule has 4 heteroatoms. The molecule has 0 atom stereocenters. The van der Waals surface area contributed by atoms with Crippen LogP contribution in [0.2, 0.25) is 0 Å². The normalized spacial score (nSPS) is 10.7. The first kappa shape index (κ1) is 16.5. The zero-order valence-electron chi connectivity index (χ0n) is 12.6. The van der Waals surface area contributed by atoms with Crippen molar-refractivity contribution < 1.29 is 9.53 Å². The number of carbonyl (C=O) groups excluding carboxylic acids is 1. The van der Waals surface area contributed by atoms with Crippen molar-refractivity contribution in [1.29, 1.82) is 0 Å². The summed E-state index contributed by atoms with van der Waals surface area (Å²) < 4.78 is 6.68. The summed E-state index contributed by atoms with van der Waals surface area (Å²) in [5.74, 6) is 0.620. The van der Waals surface area contributed by atoms with Gasteiger partial charge in [0.05, 0.1) is 6.61 Å². The van der Waals surface area contributed by atoms with E-state index in [1.165, 1.54) is 6.08 Å². The van der Waals surface area contributed by atoms with Crippen molar-refractivity contribution in [2.24, 2.45) is 0 Å². The number of hydrogen-bond acceptors (Lipinski definition) is 2. The molecule has 0 bridgehead atoms. The van der Waals surface area contributed by atoms with Crippen LogP contribution in [0.1, 0.15) is 18.1 Å². The van der Waals surface area contributed by atoms with E-state index < -0.39 is 0 Å².